The molecular formula is C32H38N6O6. The first-order valence-corrected chi connectivity index (χ1v) is 14.8. The molecule has 2 aromatic carbocycles. The molecule has 5 rings (SSSR count). The summed E-state index contributed by atoms with van der Waals surface area (Å²) in [6.07, 6.45) is 7.06. The maximum Gasteiger partial charge on any atom is 0.250 e. The summed E-state index contributed by atoms with van der Waals surface area (Å²) in [5.74, 6) is 2.01. The fourth-order valence-corrected chi connectivity index (χ4v) is 5.46. The molecule has 0 bridgehead atoms. The highest BCUT2D eigenvalue weighted by molar-refractivity contribution is 5.88. The first kappa shape index (κ1) is 30.6. The first-order valence-electron chi connectivity index (χ1n) is 14.8. The van der Waals surface area contributed by atoms with Crippen LogP contribution in [0.3, 0.4) is 0 Å². The van der Waals surface area contributed by atoms with Gasteiger partial charge in [0.2, 0.25) is 11.7 Å². The summed E-state index contributed by atoms with van der Waals surface area (Å²) >= 11 is 0. The van der Waals surface area contributed by atoms with Crippen LogP contribution in [0.25, 0.3) is 11.4 Å². The number of ether oxygens (including phenoxy) is 3. The molecule has 4 aromatic rings. The predicted molar refractivity (Wildman–Crippen MR) is 161 cm³/mol. The largest absolute Gasteiger partial charge is 0.497 e. The van der Waals surface area contributed by atoms with Gasteiger partial charge < -0.3 is 28.8 Å². The van der Waals surface area contributed by atoms with E-state index in [1.165, 1.54) is 16.0 Å². The second-order valence-electron chi connectivity index (χ2n) is 10.7. The van der Waals surface area contributed by atoms with E-state index in [4.69, 9.17) is 18.6 Å². The molecule has 0 spiro atoms. The Hall–Kier alpha value is -4.87. The van der Waals surface area contributed by atoms with Crippen molar-refractivity contribution in [3.05, 3.63) is 72.2 Å². The Kier molecular flexibility index (Phi) is 10.1. The number of furan rings is 1. The number of carbonyl (C=O) groups is 2. The van der Waals surface area contributed by atoms with Crippen LogP contribution in [0.15, 0.2) is 65.3 Å². The van der Waals surface area contributed by atoms with E-state index in [1.54, 1.807) is 45.6 Å². The minimum atomic E-state index is -0.982. The summed E-state index contributed by atoms with van der Waals surface area (Å²) in [5.41, 5.74) is 1.64. The van der Waals surface area contributed by atoms with E-state index in [1.807, 2.05) is 30.3 Å². The third kappa shape index (κ3) is 7.36. The minimum absolute atomic E-state index is 0.0561. The van der Waals surface area contributed by atoms with E-state index in [-0.39, 0.29) is 30.9 Å². The Morgan fingerprint density at radius 2 is 1.77 bits per heavy atom. The molecule has 2 aromatic heterocycles. The third-order valence-corrected chi connectivity index (χ3v) is 7.81. The van der Waals surface area contributed by atoms with Crippen LogP contribution >= 0.6 is 0 Å². The zero-order valence-corrected chi connectivity index (χ0v) is 25.3. The van der Waals surface area contributed by atoms with Crippen LogP contribution in [0.5, 0.6) is 17.2 Å². The minimum Gasteiger partial charge on any atom is -0.497 e. The van der Waals surface area contributed by atoms with Crippen molar-refractivity contribution in [2.45, 2.75) is 57.2 Å². The van der Waals surface area contributed by atoms with Crippen molar-refractivity contribution in [3.63, 3.8) is 0 Å². The standard InChI is InChI=1S/C32H38N6O6/c1-41-25-14-12-23(13-15-25)31-34-36-38(35-31)21-29(39)37(18-17-22-11-16-26(42-2)28(20-22)43-3)30(27-10-7-19-44-27)32(40)33-24-8-5-4-6-9-24/h7,10-16,19-20,24,30H,4-6,8-9,17-18,21H2,1-3H3,(H,33,40). The van der Waals surface area contributed by atoms with E-state index < -0.39 is 6.04 Å². The highest BCUT2D eigenvalue weighted by Crippen LogP contribution is 2.29. The van der Waals surface area contributed by atoms with Crippen LogP contribution in [0, 0.1) is 0 Å². The van der Waals surface area contributed by atoms with Crippen LogP contribution in [-0.2, 0) is 22.6 Å². The summed E-state index contributed by atoms with van der Waals surface area (Å²) in [4.78, 5) is 30.7. The van der Waals surface area contributed by atoms with Gasteiger partial charge in [-0.05, 0) is 78.6 Å². The molecule has 232 valence electrons. The van der Waals surface area contributed by atoms with Gasteiger partial charge in [0.1, 0.15) is 18.1 Å². The molecule has 1 aliphatic rings. The average Bonchev–Trinajstić information content (AvgIpc) is 3.76. The molecule has 12 heteroatoms. The molecule has 0 aliphatic heterocycles. The summed E-state index contributed by atoms with van der Waals surface area (Å²) in [5, 5.41) is 15.9. The number of benzene rings is 2. The number of carbonyl (C=O) groups excluding carboxylic acids is 2. The van der Waals surface area contributed by atoms with Gasteiger partial charge in [-0.15, -0.1) is 10.2 Å². The van der Waals surface area contributed by atoms with Crippen LogP contribution in [0.2, 0.25) is 0 Å². The summed E-state index contributed by atoms with van der Waals surface area (Å²) in [6, 6.07) is 15.3. The van der Waals surface area contributed by atoms with Crippen molar-refractivity contribution < 1.29 is 28.2 Å². The number of tetrazole rings is 1. The van der Waals surface area contributed by atoms with E-state index in [9.17, 15) is 9.59 Å². The highest BCUT2D eigenvalue weighted by Gasteiger charge is 2.35. The van der Waals surface area contributed by atoms with E-state index in [0.717, 1.165) is 43.2 Å². The van der Waals surface area contributed by atoms with Gasteiger partial charge in [-0.1, -0.05) is 25.3 Å². The average molecular weight is 603 g/mol. The predicted octanol–water partition coefficient (Wildman–Crippen LogP) is 4.22. The Labute approximate surface area is 256 Å². The molecule has 2 heterocycles. The van der Waals surface area contributed by atoms with Gasteiger partial charge in [0.05, 0.1) is 27.6 Å². The van der Waals surface area contributed by atoms with Crippen molar-refractivity contribution in [3.8, 4) is 28.6 Å². The number of nitrogens with one attached hydrogen (secondary N) is 1. The lowest BCUT2D eigenvalue weighted by Gasteiger charge is -2.32. The molecule has 44 heavy (non-hydrogen) atoms. The van der Waals surface area contributed by atoms with Gasteiger partial charge in [0, 0.05) is 18.2 Å². The second kappa shape index (κ2) is 14.5. The van der Waals surface area contributed by atoms with Crippen molar-refractivity contribution in [2.75, 3.05) is 27.9 Å². The molecule has 1 aliphatic carbocycles. The molecule has 1 atom stereocenters. The number of hydrogen-bond donors (Lipinski definition) is 1. The molecule has 1 unspecified atom stereocenters. The molecule has 0 saturated heterocycles. The van der Waals surface area contributed by atoms with Gasteiger partial charge >= 0.3 is 0 Å². The Morgan fingerprint density at radius 1 is 1.00 bits per heavy atom. The van der Waals surface area contributed by atoms with Gasteiger partial charge in [-0.2, -0.15) is 4.80 Å². The normalized spacial score (nSPS) is 14.1. The number of methoxy groups -OCH3 is 3. The Balaban J connectivity index is 1.41. The maximum atomic E-state index is 14.0. The Morgan fingerprint density at radius 3 is 2.45 bits per heavy atom. The quantitative estimate of drug-likeness (QED) is 0.239. The van der Waals surface area contributed by atoms with E-state index in [2.05, 4.69) is 20.7 Å². The second-order valence-corrected chi connectivity index (χ2v) is 10.7. The first-order chi connectivity index (χ1) is 21.5. The molecule has 0 radical (unpaired) electrons. The SMILES string of the molecule is COc1ccc(-c2nnn(CC(=O)N(CCc3ccc(OC)c(OC)c3)C(C(=O)NC3CCCCC3)c3ccco3)n2)cc1. The fourth-order valence-electron chi connectivity index (χ4n) is 5.46. The summed E-state index contributed by atoms with van der Waals surface area (Å²) < 4.78 is 21.8. The van der Waals surface area contributed by atoms with Crippen molar-refractivity contribution >= 4 is 11.8 Å². The van der Waals surface area contributed by atoms with E-state index >= 15 is 0 Å². The molecule has 1 fully saturated rings. The lowest BCUT2D eigenvalue weighted by atomic mass is 9.95. The smallest absolute Gasteiger partial charge is 0.250 e. The monoisotopic (exact) mass is 602 g/mol. The molecule has 1 N–H and O–H groups in total. The summed E-state index contributed by atoms with van der Waals surface area (Å²) in [6.45, 7) is 0.000803. The lowest BCUT2D eigenvalue weighted by molar-refractivity contribution is -0.142. The number of rotatable bonds is 13. The van der Waals surface area contributed by atoms with Crippen molar-refractivity contribution in [2.24, 2.45) is 0 Å². The summed E-state index contributed by atoms with van der Waals surface area (Å²) in [7, 11) is 4.75. The maximum absolute atomic E-state index is 14.0. The number of nitrogens with zero attached hydrogens (tertiary/aromatic N) is 5. The Bertz CT molecular complexity index is 1510. The third-order valence-electron chi connectivity index (χ3n) is 7.81. The van der Waals surface area contributed by atoms with Crippen LogP contribution in [0.1, 0.15) is 49.5 Å². The van der Waals surface area contributed by atoms with Crippen molar-refractivity contribution in [1.82, 2.24) is 30.4 Å². The zero-order valence-electron chi connectivity index (χ0n) is 25.3. The van der Waals surface area contributed by atoms with Gasteiger partial charge in [0.25, 0.3) is 5.91 Å². The molecule has 1 saturated carbocycles. The number of amides is 2. The highest BCUT2D eigenvalue weighted by atomic mass is 16.5. The molecule has 12 nitrogen and oxygen atoms in total. The van der Waals surface area contributed by atoms with Crippen molar-refractivity contribution in [1.29, 1.82) is 0 Å². The van der Waals surface area contributed by atoms with Crippen LogP contribution < -0.4 is 19.5 Å². The van der Waals surface area contributed by atoms with Gasteiger partial charge in [-0.3, -0.25) is 9.59 Å². The van der Waals surface area contributed by atoms with E-state index in [0.29, 0.717) is 35.3 Å². The van der Waals surface area contributed by atoms with Crippen LogP contribution in [-0.4, -0.2) is 70.8 Å². The fraction of sp³-hybridized carbons (Fsp3) is 0.406. The lowest BCUT2D eigenvalue weighted by Crippen LogP contribution is -2.48. The molecular weight excluding hydrogens is 564 g/mol. The molecule has 2 amide bonds. The topological polar surface area (TPSA) is 134 Å². The zero-order chi connectivity index (χ0) is 30.9. The van der Waals surface area contributed by atoms with Crippen LogP contribution in [0.4, 0.5) is 0 Å². The van der Waals surface area contributed by atoms with Gasteiger partial charge in [0.15, 0.2) is 17.5 Å². The van der Waals surface area contributed by atoms with Gasteiger partial charge in [-0.25, -0.2) is 0 Å². The number of aromatic nitrogens is 4. The number of hydrogen-bond acceptors (Lipinski definition) is 9.